The maximum absolute atomic E-state index is 11.6. The Kier molecular flexibility index (Phi) is 7.18. The second-order valence-corrected chi connectivity index (χ2v) is 8.69. The van der Waals surface area contributed by atoms with E-state index < -0.39 is 12.1 Å². The molecule has 0 saturated carbocycles. The molecule has 6 nitrogen and oxygen atoms in total. The van der Waals surface area contributed by atoms with Crippen LogP contribution >= 0.6 is 0 Å². The van der Waals surface area contributed by atoms with Crippen LogP contribution in [0.25, 0.3) is 0 Å². The number of hydrogen-bond acceptors (Lipinski definition) is 6. The van der Waals surface area contributed by atoms with Crippen LogP contribution in [0.2, 0.25) is 0 Å². The smallest absolute Gasteiger partial charge is 0.508 e. The van der Waals surface area contributed by atoms with E-state index in [-0.39, 0.29) is 16.8 Å². The van der Waals surface area contributed by atoms with Crippen LogP contribution in [0.1, 0.15) is 40.5 Å². The lowest BCUT2D eigenvalue weighted by Gasteiger charge is -2.49. The molecule has 0 unspecified atom stereocenters. The van der Waals surface area contributed by atoms with Crippen LogP contribution in [0.5, 0.6) is 11.5 Å². The fourth-order valence-electron chi connectivity index (χ4n) is 3.89. The summed E-state index contributed by atoms with van der Waals surface area (Å²) in [6, 6.07) is 8.96. The topological polar surface area (TPSA) is 70.5 Å². The molecule has 1 fully saturated rings. The van der Waals surface area contributed by atoms with Crippen molar-refractivity contribution in [3.8, 4) is 11.5 Å². The van der Waals surface area contributed by atoms with Crippen molar-refractivity contribution in [3.05, 3.63) is 42.6 Å². The van der Waals surface area contributed by atoms with E-state index in [1.807, 2.05) is 12.1 Å². The van der Waals surface area contributed by atoms with Crippen LogP contribution in [-0.2, 0) is 0 Å². The second-order valence-electron chi connectivity index (χ2n) is 8.69. The summed E-state index contributed by atoms with van der Waals surface area (Å²) in [5, 5.41) is 20.6. The normalized spacial score (nSPS) is 18.1. The van der Waals surface area contributed by atoms with E-state index in [0.717, 1.165) is 30.8 Å². The molecule has 0 amide bonds. The molecule has 1 aliphatic rings. The minimum absolute atomic E-state index is 0.156. The second kappa shape index (κ2) is 9.07. The number of piperidine rings is 1. The molecule has 3 rings (SSSR count). The molecule has 1 aromatic carbocycles. The molecular formula is C21H29F3N4O2. The fraction of sp³-hybridized carbons (Fsp3) is 0.524. The third-order valence-electron chi connectivity index (χ3n) is 4.69. The molecule has 2 aromatic rings. The van der Waals surface area contributed by atoms with E-state index in [1.54, 1.807) is 6.20 Å². The highest BCUT2D eigenvalue weighted by molar-refractivity contribution is 5.37. The van der Waals surface area contributed by atoms with Crippen molar-refractivity contribution >= 4 is 5.82 Å². The lowest BCUT2D eigenvalue weighted by atomic mass is 9.79. The summed E-state index contributed by atoms with van der Waals surface area (Å²) >= 11 is 0. The third-order valence-corrected chi connectivity index (χ3v) is 4.69. The highest BCUT2D eigenvalue weighted by Crippen LogP contribution is 2.32. The number of nitrogens with one attached hydrogen (secondary N) is 1. The van der Waals surface area contributed by atoms with Crippen LogP contribution in [0.4, 0.5) is 19.0 Å². The van der Waals surface area contributed by atoms with Crippen molar-refractivity contribution in [2.45, 2.75) is 64.0 Å². The van der Waals surface area contributed by atoms with Gasteiger partial charge in [0.25, 0.3) is 0 Å². The summed E-state index contributed by atoms with van der Waals surface area (Å²) in [4.78, 5) is 2.26. The first-order valence-corrected chi connectivity index (χ1v) is 9.61. The lowest BCUT2D eigenvalue weighted by Crippen LogP contribution is -2.62. The number of phenols is 1. The van der Waals surface area contributed by atoms with Gasteiger partial charge in [0.05, 0.1) is 0 Å². The van der Waals surface area contributed by atoms with Crippen LogP contribution in [0.15, 0.2) is 42.6 Å². The van der Waals surface area contributed by atoms with Gasteiger partial charge in [-0.2, -0.15) is 5.10 Å². The average molecular weight is 426 g/mol. The van der Waals surface area contributed by atoms with Gasteiger partial charge in [-0.05, 0) is 64.8 Å². The molecule has 1 saturated heterocycles. The SMILES string of the molecule is CN(c1cccnn1)C1CC(C)(C)NC(C)(C)C1.Oc1cccc(OC(F)(F)F)c1. The van der Waals surface area contributed by atoms with Gasteiger partial charge in [-0.1, -0.05) is 6.07 Å². The molecule has 9 heteroatoms. The van der Waals surface area contributed by atoms with E-state index in [1.165, 1.54) is 12.1 Å². The summed E-state index contributed by atoms with van der Waals surface area (Å²) in [5.74, 6) is 0.259. The Morgan fingerprint density at radius 1 is 1.10 bits per heavy atom. The van der Waals surface area contributed by atoms with Crippen molar-refractivity contribution in [1.82, 2.24) is 15.5 Å². The highest BCUT2D eigenvalue weighted by Gasteiger charge is 2.39. The molecule has 0 spiro atoms. The standard InChI is InChI=1S/C14H24N4.C7H5F3O2/c1-13(2)9-11(10-14(3,4)17-13)18(5)12-7-6-8-15-16-12;8-7(9,10)12-6-3-1-2-5(11)4-6/h6-8,11,17H,9-10H2,1-5H3;1-4,11H. The van der Waals surface area contributed by atoms with Gasteiger partial charge >= 0.3 is 6.36 Å². The van der Waals surface area contributed by atoms with Crippen molar-refractivity contribution in [1.29, 1.82) is 0 Å². The first kappa shape index (κ1) is 23.7. The lowest BCUT2D eigenvalue weighted by molar-refractivity contribution is -0.274. The first-order chi connectivity index (χ1) is 13.8. The largest absolute Gasteiger partial charge is 0.573 e. The zero-order valence-electron chi connectivity index (χ0n) is 17.9. The predicted molar refractivity (Wildman–Crippen MR) is 110 cm³/mol. The molecular weight excluding hydrogens is 397 g/mol. The fourth-order valence-corrected chi connectivity index (χ4v) is 3.89. The number of rotatable bonds is 3. The Balaban J connectivity index is 0.000000232. The third kappa shape index (κ3) is 7.70. The number of benzene rings is 1. The molecule has 2 heterocycles. The molecule has 0 aliphatic carbocycles. The van der Waals surface area contributed by atoms with Crippen molar-refractivity contribution in [3.63, 3.8) is 0 Å². The molecule has 0 radical (unpaired) electrons. The Labute approximate surface area is 175 Å². The molecule has 166 valence electrons. The van der Waals surface area contributed by atoms with Gasteiger partial charge in [0.15, 0.2) is 5.82 Å². The molecule has 0 bridgehead atoms. The summed E-state index contributed by atoms with van der Waals surface area (Å²) < 4.78 is 38.2. The minimum Gasteiger partial charge on any atom is -0.508 e. The number of alkyl halides is 3. The highest BCUT2D eigenvalue weighted by atomic mass is 19.4. The van der Waals surface area contributed by atoms with Crippen LogP contribution in [0.3, 0.4) is 0 Å². The van der Waals surface area contributed by atoms with Crippen molar-refractivity contribution < 1.29 is 23.0 Å². The molecule has 0 atom stereocenters. The molecule has 1 aromatic heterocycles. The molecule has 30 heavy (non-hydrogen) atoms. The van der Waals surface area contributed by atoms with Gasteiger partial charge < -0.3 is 20.1 Å². The summed E-state index contributed by atoms with van der Waals surface area (Å²) in [6.07, 6.45) is -0.769. The number of nitrogens with zero attached hydrogens (tertiary/aromatic N) is 3. The maximum atomic E-state index is 11.6. The van der Waals surface area contributed by atoms with Crippen LogP contribution < -0.4 is 15.0 Å². The molecule has 1 aliphatic heterocycles. The number of halogens is 3. The monoisotopic (exact) mass is 426 g/mol. The van der Waals surface area contributed by atoms with Gasteiger partial charge in [0.2, 0.25) is 0 Å². The number of aromatic hydroxyl groups is 1. The summed E-state index contributed by atoms with van der Waals surface area (Å²) in [7, 11) is 2.12. The Morgan fingerprint density at radius 3 is 2.23 bits per heavy atom. The number of phenolic OH excluding ortho intramolecular Hbond substituents is 1. The Bertz CT molecular complexity index is 797. The van der Waals surface area contributed by atoms with E-state index in [9.17, 15) is 13.2 Å². The van der Waals surface area contributed by atoms with E-state index >= 15 is 0 Å². The quantitative estimate of drug-likeness (QED) is 0.753. The Hall–Kier alpha value is -2.55. The van der Waals surface area contributed by atoms with Crippen LogP contribution in [-0.4, -0.2) is 45.8 Å². The minimum atomic E-state index is -4.71. The maximum Gasteiger partial charge on any atom is 0.573 e. The number of aromatic nitrogens is 2. The summed E-state index contributed by atoms with van der Waals surface area (Å²) in [5.41, 5.74) is 0.311. The van der Waals surface area contributed by atoms with E-state index in [0.29, 0.717) is 6.04 Å². The zero-order chi connectivity index (χ0) is 22.6. The molecule has 2 N–H and O–H groups in total. The van der Waals surface area contributed by atoms with Crippen molar-refractivity contribution in [2.75, 3.05) is 11.9 Å². The summed E-state index contributed by atoms with van der Waals surface area (Å²) in [6.45, 7) is 9.08. The van der Waals surface area contributed by atoms with Gasteiger partial charge in [0, 0.05) is 36.4 Å². The van der Waals surface area contributed by atoms with Crippen molar-refractivity contribution in [2.24, 2.45) is 0 Å². The van der Waals surface area contributed by atoms with Crippen LogP contribution in [0, 0.1) is 0 Å². The van der Waals surface area contributed by atoms with Gasteiger partial charge in [-0.25, -0.2) is 0 Å². The number of anilines is 1. The Morgan fingerprint density at radius 2 is 1.73 bits per heavy atom. The number of hydrogen-bond donors (Lipinski definition) is 2. The van der Waals surface area contributed by atoms with Gasteiger partial charge in [0.1, 0.15) is 11.5 Å². The van der Waals surface area contributed by atoms with Gasteiger partial charge in [-0.3, -0.25) is 0 Å². The first-order valence-electron chi connectivity index (χ1n) is 9.61. The average Bonchev–Trinajstić information content (AvgIpc) is 2.58. The van der Waals surface area contributed by atoms with Gasteiger partial charge in [-0.15, -0.1) is 18.3 Å². The van der Waals surface area contributed by atoms with E-state index in [2.05, 4.69) is 59.9 Å². The predicted octanol–water partition coefficient (Wildman–Crippen LogP) is 4.51. The zero-order valence-corrected chi connectivity index (χ0v) is 17.9. The van der Waals surface area contributed by atoms with E-state index in [4.69, 9.17) is 5.11 Å². The number of ether oxygens (including phenoxy) is 1.